The van der Waals surface area contributed by atoms with Crippen molar-refractivity contribution in [3.05, 3.63) is 30.3 Å². The number of benzene rings is 1. The molecular weight excluding hydrogens is 136 g/mol. The third-order valence-electron chi connectivity index (χ3n) is 1.66. The monoisotopic (exact) mass is 145 g/mol. The topological polar surface area (TPSA) is 15.6 Å². The molecule has 0 atom stereocenters. The molecule has 55 valence electrons. The molecule has 0 saturated carbocycles. The SMILES string of the molecule is [c]1ccccc1N1CCC=N1. The van der Waals surface area contributed by atoms with Crippen LogP contribution >= 0.6 is 0 Å². The van der Waals surface area contributed by atoms with E-state index in [0.29, 0.717) is 0 Å². The minimum atomic E-state index is 0.987. The van der Waals surface area contributed by atoms with E-state index in [9.17, 15) is 0 Å². The van der Waals surface area contributed by atoms with Gasteiger partial charge in [-0.2, -0.15) is 5.10 Å². The van der Waals surface area contributed by atoms with Crippen molar-refractivity contribution in [1.29, 1.82) is 0 Å². The smallest absolute Gasteiger partial charge is 0.0673 e. The van der Waals surface area contributed by atoms with E-state index in [1.54, 1.807) is 0 Å². The Labute approximate surface area is 66.1 Å². The highest BCUT2D eigenvalue weighted by Gasteiger charge is 2.06. The van der Waals surface area contributed by atoms with Crippen LogP contribution in [-0.2, 0) is 0 Å². The van der Waals surface area contributed by atoms with Crippen LogP contribution in [0.15, 0.2) is 29.4 Å². The number of hydrogen-bond acceptors (Lipinski definition) is 2. The molecule has 0 N–H and O–H groups in total. The van der Waals surface area contributed by atoms with Gasteiger partial charge in [-0.15, -0.1) is 0 Å². The molecule has 11 heavy (non-hydrogen) atoms. The number of anilines is 1. The summed E-state index contributed by atoms with van der Waals surface area (Å²) >= 11 is 0. The predicted octanol–water partition coefficient (Wildman–Crippen LogP) is 1.68. The van der Waals surface area contributed by atoms with Crippen molar-refractivity contribution in [3.8, 4) is 0 Å². The zero-order chi connectivity index (χ0) is 7.52. The van der Waals surface area contributed by atoms with Gasteiger partial charge < -0.3 is 0 Å². The Kier molecular flexibility index (Phi) is 1.60. The van der Waals surface area contributed by atoms with Crippen LogP contribution in [0.4, 0.5) is 5.69 Å². The maximum atomic E-state index is 4.18. The van der Waals surface area contributed by atoms with Crippen LogP contribution in [0.25, 0.3) is 0 Å². The van der Waals surface area contributed by atoms with Gasteiger partial charge in [-0.05, 0) is 6.07 Å². The average Bonchev–Trinajstić information content (AvgIpc) is 2.58. The second-order valence-corrected chi connectivity index (χ2v) is 2.46. The Balaban J connectivity index is 2.23. The van der Waals surface area contributed by atoms with E-state index < -0.39 is 0 Å². The van der Waals surface area contributed by atoms with Crippen LogP contribution in [0.5, 0.6) is 0 Å². The Hall–Kier alpha value is -1.31. The van der Waals surface area contributed by atoms with Crippen molar-refractivity contribution in [3.63, 3.8) is 0 Å². The van der Waals surface area contributed by atoms with Crippen LogP contribution in [0, 0.1) is 6.07 Å². The van der Waals surface area contributed by atoms with E-state index in [4.69, 9.17) is 0 Å². The number of nitrogens with zero attached hydrogens (tertiary/aromatic N) is 2. The van der Waals surface area contributed by atoms with Crippen molar-refractivity contribution in [2.24, 2.45) is 5.10 Å². The molecule has 0 spiro atoms. The maximum Gasteiger partial charge on any atom is 0.0673 e. The minimum absolute atomic E-state index is 0.987. The van der Waals surface area contributed by atoms with E-state index in [1.807, 2.05) is 35.5 Å². The first-order chi connectivity index (χ1) is 5.47. The van der Waals surface area contributed by atoms with Gasteiger partial charge in [0.15, 0.2) is 0 Å². The Bertz CT molecular complexity index is 254. The summed E-state index contributed by atoms with van der Waals surface area (Å²) < 4.78 is 0. The Morgan fingerprint density at radius 2 is 2.45 bits per heavy atom. The Morgan fingerprint density at radius 3 is 3.09 bits per heavy atom. The van der Waals surface area contributed by atoms with Gasteiger partial charge in [0.1, 0.15) is 0 Å². The van der Waals surface area contributed by atoms with Crippen LogP contribution < -0.4 is 5.01 Å². The standard InChI is InChI=1S/C9H9N2/c1-2-5-9(6-3-1)11-8-4-7-10-11/h1-3,5,7H,4,8H2. The summed E-state index contributed by atoms with van der Waals surface area (Å²) in [6, 6.07) is 11.0. The largest absolute Gasteiger partial charge is 0.265 e. The molecule has 1 aromatic rings. The highest BCUT2D eigenvalue weighted by molar-refractivity contribution is 5.64. The molecule has 1 radical (unpaired) electrons. The van der Waals surface area contributed by atoms with Crippen molar-refractivity contribution < 1.29 is 0 Å². The molecule has 0 saturated heterocycles. The molecule has 1 aliphatic heterocycles. The lowest BCUT2D eigenvalue weighted by Gasteiger charge is -2.11. The number of para-hydroxylation sites is 1. The molecule has 0 amide bonds. The van der Waals surface area contributed by atoms with Crippen molar-refractivity contribution in [2.75, 3.05) is 11.6 Å². The third kappa shape index (κ3) is 1.24. The molecule has 1 heterocycles. The van der Waals surface area contributed by atoms with Gasteiger partial charge in [0.2, 0.25) is 0 Å². The molecule has 0 aromatic heterocycles. The summed E-state index contributed by atoms with van der Waals surface area (Å²) in [5.41, 5.74) is 1.06. The molecule has 1 aliphatic rings. The molecule has 0 bridgehead atoms. The lowest BCUT2D eigenvalue weighted by Crippen LogP contribution is -2.11. The van der Waals surface area contributed by atoms with Gasteiger partial charge in [-0.25, -0.2) is 0 Å². The zero-order valence-corrected chi connectivity index (χ0v) is 6.20. The maximum absolute atomic E-state index is 4.18. The summed E-state index contributed by atoms with van der Waals surface area (Å²) in [5.74, 6) is 0. The van der Waals surface area contributed by atoms with Crippen molar-refractivity contribution in [1.82, 2.24) is 0 Å². The molecule has 0 unspecified atom stereocenters. The third-order valence-corrected chi connectivity index (χ3v) is 1.66. The van der Waals surface area contributed by atoms with Gasteiger partial charge in [-0.3, -0.25) is 5.01 Å². The second kappa shape index (κ2) is 2.74. The van der Waals surface area contributed by atoms with Crippen molar-refractivity contribution in [2.45, 2.75) is 6.42 Å². The predicted molar refractivity (Wildman–Crippen MR) is 45.7 cm³/mol. The van der Waals surface area contributed by atoms with E-state index in [1.165, 1.54) is 0 Å². The molecular formula is C9H9N2. The van der Waals surface area contributed by atoms with Gasteiger partial charge in [0.25, 0.3) is 0 Å². The lowest BCUT2D eigenvalue weighted by atomic mass is 10.3. The van der Waals surface area contributed by atoms with Gasteiger partial charge in [-0.1, -0.05) is 18.2 Å². The lowest BCUT2D eigenvalue weighted by molar-refractivity contribution is 0.921. The number of rotatable bonds is 1. The van der Waals surface area contributed by atoms with E-state index >= 15 is 0 Å². The molecule has 0 fully saturated rings. The second-order valence-electron chi connectivity index (χ2n) is 2.46. The highest BCUT2D eigenvalue weighted by Crippen LogP contribution is 2.14. The summed E-state index contributed by atoms with van der Waals surface area (Å²) in [6.07, 6.45) is 2.98. The fraction of sp³-hybridized carbons (Fsp3) is 0.222. The fourth-order valence-corrected chi connectivity index (χ4v) is 1.12. The number of hydrogen-bond donors (Lipinski definition) is 0. The van der Waals surface area contributed by atoms with Gasteiger partial charge in [0.05, 0.1) is 5.69 Å². The summed E-state index contributed by atoms with van der Waals surface area (Å²) in [5, 5.41) is 6.14. The van der Waals surface area contributed by atoms with Crippen LogP contribution in [0.2, 0.25) is 0 Å². The molecule has 1 aromatic carbocycles. The first-order valence-corrected chi connectivity index (χ1v) is 3.73. The average molecular weight is 145 g/mol. The van der Waals surface area contributed by atoms with E-state index in [-0.39, 0.29) is 0 Å². The molecule has 0 aliphatic carbocycles. The summed E-state index contributed by atoms with van der Waals surface area (Å²) in [7, 11) is 0. The van der Waals surface area contributed by atoms with Crippen LogP contribution in [0.3, 0.4) is 0 Å². The van der Waals surface area contributed by atoms with E-state index in [0.717, 1.165) is 18.7 Å². The summed E-state index contributed by atoms with van der Waals surface area (Å²) in [4.78, 5) is 0. The van der Waals surface area contributed by atoms with Crippen molar-refractivity contribution >= 4 is 11.9 Å². The first kappa shape index (κ1) is 6.40. The zero-order valence-electron chi connectivity index (χ0n) is 6.20. The minimum Gasteiger partial charge on any atom is -0.265 e. The fourth-order valence-electron chi connectivity index (χ4n) is 1.12. The molecule has 2 heteroatoms. The van der Waals surface area contributed by atoms with Crippen LogP contribution in [-0.4, -0.2) is 12.8 Å². The number of hydrazone groups is 1. The quantitative estimate of drug-likeness (QED) is 0.587. The van der Waals surface area contributed by atoms with Crippen LogP contribution in [0.1, 0.15) is 6.42 Å². The van der Waals surface area contributed by atoms with Gasteiger partial charge in [0, 0.05) is 25.2 Å². The first-order valence-electron chi connectivity index (χ1n) is 3.73. The highest BCUT2D eigenvalue weighted by atomic mass is 15.5. The van der Waals surface area contributed by atoms with Gasteiger partial charge >= 0.3 is 0 Å². The molecule has 2 rings (SSSR count). The normalized spacial score (nSPS) is 15.8. The molecule has 2 nitrogen and oxygen atoms in total. The van der Waals surface area contributed by atoms with E-state index in [2.05, 4.69) is 11.2 Å². The summed E-state index contributed by atoms with van der Waals surface area (Å²) in [6.45, 7) is 0.987. The Morgan fingerprint density at radius 1 is 1.45 bits per heavy atom.